The molecule has 2 aliphatic rings. The van der Waals surface area contributed by atoms with E-state index in [2.05, 4.69) is 43.0 Å². The Balaban J connectivity index is 1.19. The van der Waals surface area contributed by atoms with Crippen molar-refractivity contribution in [3.05, 3.63) is 132 Å². The van der Waals surface area contributed by atoms with Crippen molar-refractivity contribution in [1.29, 1.82) is 0 Å². The Morgan fingerprint density at radius 1 is 0.966 bits per heavy atom. The van der Waals surface area contributed by atoms with Gasteiger partial charge in [-0.3, -0.25) is 19.2 Å². The SMILES string of the molecule is C=CCN1CC(=O)N2C(Cc3ccc(O)cc3)C(=O)N(Cc3cccc4c(C(=O)Nc5ccc(NCC(C)(C)C)nc5)cn(C)c34)CC2N1C(=O)CCc1ccccc1. The number of pyridine rings is 1. The lowest BCUT2D eigenvalue weighted by Crippen LogP contribution is -2.75. The summed E-state index contributed by atoms with van der Waals surface area (Å²) < 4.78 is 1.89. The van der Waals surface area contributed by atoms with Crippen LogP contribution in [-0.4, -0.2) is 96.5 Å². The van der Waals surface area contributed by atoms with Crippen molar-refractivity contribution < 1.29 is 24.3 Å². The molecule has 4 amide bonds. The Kier molecular flexibility index (Phi) is 11.9. The summed E-state index contributed by atoms with van der Waals surface area (Å²) in [4.78, 5) is 64.6. The Morgan fingerprint density at radius 3 is 2.42 bits per heavy atom. The number of nitrogens with zero attached hydrogens (tertiary/aromatic N) is 6. The number of carbonyl (C=O) groups excluding carboxylic acids is 4. The zero-order chi connectivity index (χ0) is 41.8. The second-order valence-electron chi connectivity index (χ2n) is 16.5. The van der Waals surface area contributed by atoms with Crippen molar-refractivity contribution in [2.45, 2.75) is 58.8 Å². The Bertz CT molecular complexity index is 2340. The van der Waals surface area contributed by atoms with Gasteiger partial charge in [0, 0.05) is 51.1 Å². The van der Waals surface area contributed by atoms with E-state index in [1.165, 1.54) is 0 Å². The number of aromatic nitrogens is 2. The lowest BCUT2D eigenvalue weighted by atomic mass is 9.97. The predicted octanol–water partition coefficient (Wildman–Crippen LogP) is 5.98. The second-order valence-corrected chi connectivity index (χ2v) is 16.5. The molecule has 2 aliphatic heterocycles. The molecule has 7 rings (SSSR count). The van der Waals surface area contributed by atoms with Crippen LogP contribution in [0.5, 0.6) is 5.75 Å². The maximum absolute atomic E-state index is 14.7. The van der Waals surface area contributed by atoms with Gasteiger partial charge in [-0.2, -0.15) is 0 Å². The number of hydrogen-bond donors (Lipinski definition) is 3. The molecule has 4 heterocycles. The van der Waals surface area contributed by atoms with Crippen LogP contribution in [0.25, 0.3) is 10.9 Å². The first-order valence-corrected chi connectivity index (χ1v) is 20.0. The predicted molar refractivity (Wildman–Crippen MR) is 228 cm³/mol. The van der Waals surface area contributed by atoms with Crippen LogP contribution in [0.2, 0.25) is 0 Å². The largest absolute Gasteiger partial charge is 0.508 e. The van der Waals surface area contributed by atoms with Gasteiger partial charge < -0.3 is 30.1 Å². The Morgan fingerprint density at radius 2 is 1.73 bits per heavy atom. The number of nitrogens with one attached hydrogen (secondary N) is 2. The number of phenols is 1. The van der Waals surface area contributed by atoms with E-state index < -0.39 is 12.2 Å². The Hall–Kier alpha value is -6.47. The molecule has 0 bridgehead atoms. The molecule has 2 atom stereocenters. The van der Waals surface area contributed by atoms with Crippen LogP contribution in [-0.2, 0) is 40.8 Å². The molecule has 3 N–H and O–H groups in total. The molecular formula is C46H52N8O5. The van der Waals surface area contributed by atoms with Crippen molar-refractivity contribution in [3.63, 3.8) is 0 Å². The number of anilines is 2. The van der Waals surface area contributed by atoms with Gasteiger partial charge in [-0.25, -0.2) is 15.0 Å². The summed E-state index contributed by atoms with van der Waals surface area (Å²) in [7, 11) is 1.87. The first kappa shape index (κ1) is 40.7. The van der Waals surface area contributed by atoms with Gasteiger partial charge in [0.2, 0.25) is 17.7 Å². The third kappa shape index (κ3) is 9.15. The highest BCUT2D eigenvalue weighted by molar-refractivity contribution is 6.13. The number of hydrogen-bond acceptors (Lipinski definition) is 8. The summed E-state index contributed by atoms with van der Waals surface area (Å²) in [5, 5.41) is 20.4. The number of piperazine rings is 1. The number of amides is 4. The number of benzene rings is 3. The van der Waals surface area contributed by atoms with Crippen LogP contribution in [0, 0.1) is 5.41 Å². The van der Waals surface area contributed by atoms with Gasteiger partial charge >= 0.3 is 0 Å². The topological polar surface area (TPSA) is 143 Å². The maximum Gasteiger partial charge on any atom is 0.257 e. The quantitative estimate of drug-likeness (QED) is 0.124. The van der Waals surface area contributed by atoms with Crippen molar-refractivity contribution in [3.8, 4) is 5.75 Å². The molecule has 2 fully saturated rings. The lowest BCUT2D eigenvalue weighted by Gasteiger charge is -2.55. The van der Waals surface area contributed by atoms with Gasteiger partial charge in [0.1, 0.15) is 23.8 Å². The Labute approximate surface area is 344 Å². The van der Waals surface area contributed by atoms with E-state index in [4.69, 9.17) is 0 Å². The summed E-state index contributed by atoms with van der Waals surface area (Å²) in [5.41, 5.74) is 4.48. The molecule has 2 saturated heterocycles. The van der Waals surface area contributed by atoms with Crippen LogP contribution in [0.15, 0.2) is 110 Å². The fourth-order valence-corrected chi connectivity index (χ4v) is 7.96. The molecular weight excluding hydrogens is 745 g/mol. The summed E-state index contributed by atoms with van der Waals surface area (Å²) in [6.45, 7) is 11.5. The number of carbonyl (C=O) groups is 4. The molecule has 2 unspecified atom stereocenters. The fraction of sp³-hybridized carbons (Fsp3) is 0.326. The molecule has 0 saturated carbocycles. The number of rotatable bonds is 13. The summed E-state index contributed by atoms with van der Waals surface area (Å²) >= 11 is 0. The average molecular weight is 797 g/mol. The maximum atomic E-state index is 14.7. The molecule has 2 aromatic heterocycles. The number of hydrazine groups is 1. The normalized spacial score (nSPS) is 17.3. The van der Waals surface area contributed by atoms with Crippen molar-refractivity contribution in [2.75, 3.05) is 36.8 Å². The van der Waals surface area contributed by atoms with Gasteiger partial charge in [-0.1, -0.05) is 87.5 Å². The van der Waals surface area contributed by atoms with Crippen LogP contribution in [0.4, 0.5) is 11.5 Å². The summed E-state index contributed by atoms with van der Waals surface area (Å²) in [6.07, 6.45) is 5.20. The fourth-order valence-electron chi connectivity index (χ4n) is 7.96. The van der Waals surface area contributed by atoms with E-state index in [0.717, 1.165) is 34.6 Å². The number of para-hydroxylation sites is 1. The highest BCUT2D eigenvalue weighted by Crippen LogP contribution is 2.32. The van der Waals surface area contributed by atoms with Crippen molar-refractivity contribution in [1.82, 2.24) is 29.4 Å². The van der Waals surface area contributed by atoms with Crippen molar-refractivity contribution in [2.24, 2.45) is 12.5 Å². The van der Waals surface area contributed by atoms with E-state index in [1.807, 2.05) is 72.3 Å². The zero-order valence-electron chi connectivity index (χ0n) is 34.1. The summed E-state index contributed by atoms with van der Waals surface area (Å²) in [6, 6.07) is 24.8. The first-order valence-electron chi connectivity index (χ1n) is 20.0. The highest BCUT2D eigenvalue weighted by atomic mass is 16.3. The molecule has 0 radical (unpaired) electrons. The highest BCUT2D eigenvalue weighted by Gasteiger charge is 2.51. The smallest absolute Gasteiger partial charge is 0.257 e. The van der Waals surface area contributed by atoms with E-state index in [0.29, 0.717) is 23.1 Å². The molecule has 0 spiro atoms. The molecule has 13 nitrogen and oxygen atoms in total. The van der Waals surface area contributed by atoms with Crippen LogP contribution < -0.4 is 10.6 Å². The van der Waals surface area contributed by atoms with Crippen LogP contribution >= 0.6 is 0 Å². The molecule has 306 valence electrons. The van der Waals surface area contributed by atoms with Gasteiger partial charge in [0.15, 0.2) is 0 Å². The number of phenolic OH excluding ortho intramolecular Hbond substituents is 1. The third-order valence-corrected chi connectivity index (χ3v) is 10.8. The molecule has 3 aromatic carbocycles. The average Bonchev–Trinajstić information content (AvgIpc) is 3.56. The van der Waals surface area contributed by atoms with E-state index in [9.17, 15) is 24.3 Å². The van der Waals surface area contributed by atoms with E-state index >= 15 is 0 Å². The molecule has 59 heavy (non-hydrogen) atoms. The van der Waals surface area contributed by atoms with Crippen LogP contribution in [0.1, 0.15) is 54.2 Å². The standard InChI is InChI=1S/C46H52N8O5/c1-6-23-52-29-42(57)53-38(24-32-15-19-35(55)20-16-32)45(59)51(28-40(53)54(52)41(56)22-17-31-11-8-7-9-12-31)26-33-13-10-14-36-37(27-50(5)43(33)36)44(58)49-34-18-21-39(47-25-34)48-30-46(2,3)4/h6-16,18-21,25,27,38,40,55H,1,17,22-24,26,28-30H2,2-5H3,(H,47,48)(H,49,58). The minimum Gasteiger partial charge on any atom is -0.508 e. The number of aryl methyl sites for hydroxylation is 2. The molecule has 13 heteroatoms. The number of aromatic hydroxyl groups is 1. The van der Waals surface area contributed by atoms with E-state index in [1.54, 1.807) is 62.6 Å². The van der Waals surface area contributed by atoms with Gasteiger partial charge in [0.05, 0.1) is 36.1 Å². The molecule has 0 aliphatic carbocycles. The van der Waals surface area contributed by atoms with Gasteiger partial charge in [-0.15, -0.1) is 6.58 Å². The molecule has 5 aromatic rings. The van der Waals surface area contributed by atoms with Crippen LogP contribution in [0.3, 0.4) is 0 Å². The first-order chi connectivity index (χ1) is 28.3. The van der Waals surface area contributed by atoms with Gasteiger partial charge in [-0.05, 0) is 52.8 Å². The number of fused-ring (bicyclic) bond motifs is 2. The zero-order valence-corrected chi connectivity index (χ0v) is 34.1. The second kappa shape index (κ2) is 17.2. The monoisotopic (exact) mass is 796 g/mol. The lowest BCUT2D eigenvalue weighted by molar-refractivity contribution is -0.205. The van der Waals surface area contributed by atoms with E-state index in [-0.39, 0.29) is 73.8 Å². The minimum atomic E-state index is -0.918. The third-order valence-electron chi connectivity index (χ3n) is 10.8. The minimum absolute atomic E-state index is 0.0725. The summed E-state index contributed by atoms with van der Waals surface area (Å²) in [5.74, 6) is -0.159. The van der Waals surface area contributed by atoms with Gasteiger partial charge in [0.25, 0.3) is 5.91 Å². The van der Waals surface area contributed by atoms with Crippen molar-refractivity contribution >= 4 is 46.0 Å².